The molecule has 0 saturated heterocycles. The Kier molecular flexibility index (Phi) is 14.3. The van der Waals surface area contributed by atoms with Crippen molar-refractivity contribution in [3.8, 4) is 0 Å². The summed E-state index contributed by atoms with van der Waals surface area (Å²) in [4.78, 5) is 0. The van der Waals surface area contributed by atoms with Crippen molar-refractivity contribution >= 4 is 0 Å². The zero-order valence-electron chi connectivity index (χ0n) is 13.4. The van der Waals surface area contributed by atoms with Gasteiger partial charge in [0.2, 0.25) is 0 Å². The van der Waals surface area contributed by atoms with Crippen LogP contribution in [0.4, 0.5) is 0 Å². The molecule has 2 heteroatoms. The van der Waals surface area contributed by atoms with Crippen molar-refractivity contribution in [2.24, 2.45) is 5.73 Å². The molecule has 0 spiro atoms. The average molecular weight is 271 g/mol. The SMILES string of the molecule is CCCCCCCCCCCCCC[C@H](O)[C@@H](C)N. The second-order valence-corrected chi connectivity index (χ2v) is 6.10. The molecule has 0 heterocycles. The van der Waals surface area contributed by atoms with Crippen molar-refractivity contribution in [3.63, 3.8) is 0 Å². The van der Waals surface area contributed by atoms with Gasteiger partial charge in [0.05, 0.1) is 6.10 Å². The molecule has 0 bridgehead atoms. The monoisotopic (exact) mass is 271 g/mol. The molecule has 0 aromatic heterocycles. The van der Waals surface area contributed by atoms with Crippen LogP contribution in [0.15, 0.2) is 0 Å². The highest BCUT2D eigenvalue weighted by Crippen LogP contribution is 2.13. The fraction of sp³-hybridized carbons (Fsp3) is 1.00. The summed E-state index contributed by atoms with van der Waals surface area (Å²) in [6, 6.07) is -0.0762. The molecule has 0 rings (SSSR count). The molecule has 0 amide bonds. The molecule has 0 aromatic rings. The second kappa shape index (κ2) is 14.3. The van der Waals surface area contributed by atoms with Gasteiger partial charge in [-0.3, -0.25) is 0 Å². The van der Waals surface area contributed by atoms with Gasteiger partial charge in [0.25, 0.3) is 0 Å². The second-order valence-electron chi connectivity index (χ2n) is 6.10. The molecule has 2 atom stereocenters. The minimum absolute atomic E-state index is 0.0762. The third-order valence-corrected chi connectivity index (χ3v) is 3.96. The van der Waals surface area contributed by atoms with E-state index in [0.717, 1.165) is 12.8 Å². The standard InChI is InChI=1S/C17H37NO/c1-3-4-5-6-7-8-9-10-11-12-13-14-15-17(19)16(2)18/h16-17,19H,3-15,18H2,1-2H3/t16-,17+/m1/s1. The average Bonchev–Trinajstić information content (AvgIpc) is 2.39. The number of aliphatic hydroxyl groups is 1. The fourth-order valence-corrected chi connectivity index (χ4v) is 2.46. The lowest BCUT2D eigenvalue weighted by Crippen LogP contribution is -2.31. The van der Waals surface area contributed by atoms with Crippen molar-refractivity contribution in [1.82, 2.24) is 0 Å². The van der Waals surface area contributed by atoms with Gasteiger partial charge in [0.1, 0.15) is 0 Å². The Balaban J connectivity index is 3.03. The third kappa shape index (κ3) is 14.1. The van der Waals surface area contributed by atoms with Gasteiger partial charge in [-0.15, -0.1) is 0 Å². The molecule has 19 heavy (non-hydrogen) atoms. The van der Waals surface area contributed by atoms with E-state index in [-0.39, 0.29) is 12.1 Å². The normalized spacial score (nSPS) is 14.5. The van der Waals surface area contributed by atoms with E-state index in [1.54, 1.807) is 0 Å². The van der Waals surface area contributed by atoms with Gasteiger partial charge in [0, 0.05) is 6.04 Å². The molecule has 0 aliphatic rings. The summed E-state index contributed by atoms with van der Waals surface area (Å²) in [6.45, 7) is 4.15. The van der Waals surface area contributed by atoms with Crippen molar-refractivity contribution in [2.45, 2.75) is 109 Å². The summed E-state index contributed by atoms with van der Waals surface area (Å²) in [6.07, 6.45) is 16.9. The molecule has 0 unspecified atom stereocenters. The molecular formula is C17H37NO. The van der Waals surface area contributed by atoms with Crippen molar-refractivity contribution in [1.29, 1.82) is 0 Å². The lowest BCUT2D eigenvalue weighted by Gasteiger charge is -2.13. The van der Waals surface area contributed by atoms with Crippen LogP contribution in [0.5, 0.6) is 0 Å². The minimum atomic E-state index is -0.303. The minimum Gasteiger partial charge on any atom is -0.392 e. The third-order valence-electron chi connectivity index (χ3n) is 3.96. The molecule has 3 N–H and O–H groups in total. The number of hydrogen-bond acceptors (Lipinski definition) is 2. The first-order valence-corrected chi connectivity index (χ1v) is 8.62. The Morgan fingerprint density at radius 2 is 1.11 bits per heavy atom. The first-order valence-electron chi connectivity index (χ1n) is 8.62. The molecule has 0 aliphatic carbocycles. The van der Waals surface area contributed by atoms with E-state index >= 15 is 0 Å². The summed E-state index contributed by atoms with van der Waals surface area (Å²) in [5.41, 5.74) is 5.63. The van der Waals surface area contributed by atoms with Crippen molar-refractivity contribution < 1.29 is 5.11 Å². The lowest BCUT2D eigenvalue weighted by molar-refractivity contribution is 0.138. The van der Waals surface area contributed by atoms with Gasteiger partial charge >= 0.3 is 0 Å². The molecule has 2 nitrogen and oxygen atoms in total. The van der Waals surface area contributed by atoms with Gasteiger partial charge in [-0.2, -0.15) is 0 Å². The largest absolute Gasteiger partial charge is 0.392 e. The first-order chi connectivity index (χ1) is 9.18. The van der Waals surface area contributed by atoms with Crippen LogP contribution in [-0.4, -0.2) is 17.3 Å². The number of unbranched alkanes of at least 4 members (excludes halogenated alkanes) is 11. The molecule has 116 valence electrons. The van der Waals surface area contributed by atoms with Crippen molar-refractivity contribution in [3.05, 3.63) is 0 Å². The number of hydrogen-bond donors (Lipinski definition) is 2. The summed E-state index contributed by atoms with van der Waals surface area (Å²) in [5.74, 6) is 0. The Hall–Kier alpha value is -0.0800. The van der Waals surface area contributed by atoms with E-state index in [1.165, 1.54) is 70.6 Å². The fourth-order valence-electron chi connectivity index (χ4n) is 2.46. The highest BCUT2D eigenvalue weighted by Gasteiger charge is 2.07. The van der Waals surface area contributed by atoms with Gasteiger partial charge in [0.15, 0.2) is 0 Å². The van der Waals surface area contributed by atoms with Crippen LogP contribution >= 0.6 is 0 Å². The quantitative estimate of drug-likeness (QED) is 0.446. The zero-order chi connectivity index (χ0) is 14.3. The van der Waals surface area contributed by atoms with Gasteiger partial charge < -0.3 is 10.8 Å². The molecule has 0 saturated carbocycles. The van der Waals surface area contributed by atoms with Crippen molar-refractivity contribution in [2.75, 3.05) is 0 Å². The Bertz CT molecular complexity index is 171. The van der Waals surface area contributed by atoms with Gasteiger partial charge in [-0.1, -0.05) is 84.0 Å². The van der Waals surface area contributed by atoms with Crippen LogP contribution in [0.1, 0.15) is 97.3 Å². The maximum absolute atomic E-state index is 9.56. The van der Waals surface area contributed by atoms with E-state index in [4.69, 9.17) is 5.73 Å². The van der Waals surface area contributed by atoms with Crippen LogP contribution in [0.2, 0.25) is 0 Å². The van der Waals surface area contributed by atoms with Gasteiger partial charge in [-0.05, 0) is 13.3 Å². The van der Waals surface area contributed by atoms with E-state index in [1.807, 2.05) is 6.92 Å². The highest BCUT2D eigenvalue weighted by atomic mass is 16.3. The van der Waals surface area contributed by atoms with Gasteiger partial charge in [-0.25, -0.2) is 0 Å². The maximum Gasteiger partial charge on any atom is 0.0688 e. The zero-order valence-corrected chi connectivity index (χ0v) is 13.4. The Morgan fingerprint density at radius 1 is 0.737 bits per heavy atom. The summed E-state index contributed by atoms with van der Waals surface area (Å²) >= 11 is 0. The molecular weight excluding hydrogens is 234 g/mol. The summed E-state index contributed by atoms with van der Waals surface area (Å²) < 4.78 is 0. The molecule has 0 aliphatic heterocycles. The van der Waals surface area contributed by atoms with E-state index in [9.17, 15) is 5.11 Å². The predicted octanol–water partition coefficient (Wildman–Crippen LogP) is 4.79. The van der Waals surface area contributed by atoms with E-state index < -0.39 is 0 Å². The summed E-state index contributed by atoms with van der Waals surface area (Å²) in [5, 5.41) is 9.56. The topological polar surface area (TPSA) is 46.2 Å². The number of nitrogens with two attached hydrogens (primary N) is 1. The summed E-state index contributed by atoms with van der Waals surface area (Å²) in [7, 11) is 0. The molecule has 0 aromatic carbocycles. The Labute approximate surface area is 121 Å². The highest BCUT2D eigenvalue weighted by molar-refractivity contribution is 4.65. The van der Waals surface area contributed by atoms with Crippen LogP contribution < -0.4 is 5.73 Å². The van der Waals surface area contributed by atoms with Crippen LogP contribution in [0.25, 0.3) is 0 Å². The van der Waals surface area contributed by atoms with E-state index in [2.05, 4.69) is 6.92 Å². The van der Waals surface area contributed by atoms with Crippen LogP contribution in [0, 0.1) is 0 Å². The lowest BCUT2D eigenvalue weighted by atomic mass is 10.0. The molecule has 0 fully saturated rings. The van der Waals surface area contributed by atoms with Crippen LogP contribution in [-0.2, 0) is 0 Å². The smallest absolute Gasteiger partial charge is 0.0688 e. The van der Waals surface area contributed by atoms with E-state index in [0.29, 0.717) is 0 Å². The maximum atomic E-state index is 9.56. The number of aliphatic hydroxyl groups excluding tert-OH is 1. The first kappa shape index (κ1) is 18.9. The predicted molar refractivity (Wildman–Crippen MR) is 85.4 cm³/mol. The van der Waals surface area contributed by atoms with Crippen LogP contribution in [0.3, 0.4) is 0 Å². The molecule has 0 radical (unpaired) electrons. The number of rotatable bonds is 14. The Morgan fingerprint density at radius 3 is 1.47 bits per heavy atom.